The molecule has 2 amide bonds. The van der Waals surface area contributed by atoms with Gasteiger partial charge in [-0.2, -0.15) is 0 Å². The van der Waals surface area contributed by atoms with Crippen molar-refractivity contribution in [3.8, 4) is 0 Å². The van der Waals surface area contributed by atoms with Crippen LogP contribution in [0.2, 0.25) is 0 Å². The summed E-state index contributed by atoms with van der Waals surface area (Å²) in [6, 6.07) is -0.447. The van der Waals surface area contributed by atoms with Gasteiger partial charge in [0.2, 0.25) is 11.8 Å². The van der Waals surface area contributed by atoms with Crippen molar-refractivity contribution in [1.82, 2.24) is 20.2 Å². The number of amides is 2. The second-order valence-electron chi connectivity index (χ2n) is 4.90. The molecule has 0 aliphatic carbocycles. The van der Waals surface area contributed by atoms with Crippen molar-refractivity contribution in [3.63, 3.8) is 0 Å². The van der Waals surface area contributed by atoms with E-state index in [0.29, 0.717) is 37.2 Å². The second-order valence-corrected chi connectivity index (χ2v) is 4.90. The number of hydrogen-bond donors (Lipinski definition) is 2. The molecular formula is C13H18N4O3. The van der Waals surface area contributed by atoms with Gasteiger partial charge in [-0.1, -0.05) is 0 Å². The van der Waals surface area contributed by atoms with Crippen molar-refractivity contribution in [2.45, 2.75) is 39.3 Å². The minimum Gasteiger partial charge on any atom is -0.353 e. The molecule has 1 aromatic rings. The third kappa shape index (κ3) is 3.04. The molecule has 1 aliphatic rings. The molecule has 108 valence electrons. The Kier molecular flexibility index (Phi) is 4.16. The fourth-order valence-electron chi connectivity index (χ4n) is 2.07. The average Bonchev–Trinajstić information content (AvgIpc) is 2.85. The van der Waals surface area contributed by atoms with Gasteiger partial charge < -0.3 is 10.6 Å². The highest BCUT2D eigenvalue weighted by atomic mass is 16.2. The fourth-order valence-corrected chi connectivity index (χ4v) is 2.07. The molecule has 0 aromatic carbocycles. The maximum atomic E-state index is 11.9. The highest BCUT2D eigenvalue weighted by Crippen LogP contribution is 2.05. The topological polar surface area (TPSA) is 93.1 Å². The molecule has 0 spiro atoms. The molecule has 0 bridgehead atoms. The average molecular weight is 278 g/mol. The molecule has 0 saturated carbocycles. The third-order valence-corrected chi connectivity index (χ3v) is 3.48. The van der Waals surface area contributed by atoms with E-state index in [4.69, 9.17) is 0 Å². The van der Waals surface area contributed by atoms with E-state index < -0.39 is 6.04 Å². The number of carbonyl (C=O) groups excluding carboxylic acids is 2. The Morgan fingerprint density at radius 2 is 2.25 bits per heavy atom. The third-order valence-electron chi connectivity index (χ3n) is 3.48. The summed E-state index contributed by atoms with van der Waals surface area (Å²) in [5.41, 5.74) is 1.23. The molecule has 2 rings (SSSR count). The molecular weight excluding hydrogens is 260 g/mol. The zero-order valence-electron chi connectivity index (χ0n) is 11.6. The van der Waals surface area contributed by atoms with Crippen molar-refractivity contribution in [2.75, 3.05) is 6.54 Å². The quantitative estimate of drug-likeness (QED) is 0.758. The van der Waals surface area contributed by atoms with Gasteiger partial charge in [-0.25, -0.2) is 4.98 Å². The summed E-state index contributed by atoms with van der Waals surface area (Å²) in [5.74, 6) is -0.305. The predicted octanol–water partition coefficient (Wildman–Crippen LogP) is -0.745. The van der Waals surface area contributed by atoms with Crippen molar-refractivity contribution in [1.29, 1.82) is 0 Å². The van der Waals surface area contributed by atoms with Gasteiger partial charge in [0.1, 0.15) is 6.04 Å². The van der Waals surface area contributed by atoms with Gasteiger partial charge in [0.25, 0.3) is 5.56 Å². The Bertz CT molecular complexity index is 594. The van der Waals surface area contributed by atoms with E-state index in [-0.39, 0.29) is 17.4 Å². The van der Waals surface area contributed by atoms with E-state index in [9.17, 15) is 14.4 Å². The minimum absolute atomic E-state index is 0.0964. The van der Waals surface area contributed by atoms with Crippen LogP contribution in [0.25, 0.3) is 0 Å². The van der Waals surface area contributed by atoms with Gasteiger partial charge in [0.05, 0.1) is 6.33 Å². The first-order valence-electron chi connectivity index (χ1n) is 6.58. The van der Waals surface area contributed by atoms with Crippen molar-refractivity contribution < 1.29 is 9.59 Å². The molecule has 2 N–H and O–H groups in total. The number of hydrogen-bond acceptors (Lipinski definition) is 4. The zero-order valence-corrected chi connectivity index (χ0v) is 11.6. The largest absolute Gasteiger partial charge is 0.353 e. The van der Waals surface area contributed by atoms with Crippen molar-refractivity contribution >= 4 is 11.8 Å². The van der Waals surface area contributed by atoms with Gasteiger partial charge in [-0.05, 0) is 20.3 Å². The SMILES string of the molecule is Cc1ncn(CCNC(=O)C2CCC(=O)N2)c(=O)c1C. The first-order chi connectivity index (χ1) is 9.49. The number of aromatic nitrogens is 2. The Labute approximate surface area is 116 Å². The van der Waals surface area contributed by atoms with E-state index in [0.717, 1.165) is 0 Å². The van der Waals surface area contributed by atoms with Crippen LogP contribution in [-0.4, -0.2) is 34.0 Å². The number of nitrogens with zero attached hydrogens (tertiary/aromatic N) is 2. The second kappa shape index (κ2) is 5.85. The Morgan fingerprint density at radius 1 is 1.50 bits per heavy atom. The monoisotopic (exact) mass is 278 g/mol. The van der Waals surface area contributed by atoms with Crippen LogP contribution in [0.5, 0.6) is 0 Å². The Morgan fingerprint density at radius 3 is 2.90 bits per heavy atom. The van der Waals surface area contributed by atoms with E-state index in [1.165, 1.54) is 10.9 Å². The van der Waals surface area contributed by atoms with Gasteiger partial charge in [0, 0.05) is 30.8 Å². The van der Waals surface area contributed by atoms with Gasteiger partial charge in [-0.15, -0.1) is 0 Å². The lowest BCUT2D eigenvalue weighted by atomic mass is 10.2. The normalized spacial score (nSPS) is 17.9. The molecule has 0 radical (unpaired) electrons. The summed E-state index contributed by atoms with van der Waals surface area (Å²) >= 11 is 0. The van der Waals surface area contributed by atoms with Crippen LogP contribution < -0.4 is 16.2 Å². The fraction of sp³-hybridized carbons (Fsp3) is 0.538. The first-order valence-corrected chi connectivity index (χ1v) is 6.58. The molecule has 1 aliphatic heterocycles. The minimum atomic E-state index is -0.447. The van der Waals surface area contributed by atoms with Gasteiger partial charge in [0.15, 0.2) is 0 Å². The summed E-state index contributed by atoms with van der Waals surface area (Å²) < 4.78 is 1.47. The number of nitrogens with one attached hydrogen (secondary N) is 2. The Balaban J connectivity index is 1.87. The summed E-state index contributed by atoms with van der Waals surface area (Å²) in [4.78, 5) is 38.8. The smallest absolute Gasteiger partial charge is 0.256 e. The van der Waals surface area contributed by atoms with Gasteiger partial charge in [-0.3, -0.25) is 19.0 Å². The lowest BCUT2D eigenvalue weighted by Crippen LogP contribution is -2.43. The highest BCUT2D eigenvalue weighted by molar-refractivity contribution is 5.90. The number of aryl methyl sites for hydroxylation is 1. The van der Waals surface area contributed by atoms with Crippen molar-refractivity contribution in [3.05, 3.63) is 27.9 Å². The molecule has 7 nitrogen and oxygen atoms in total. The van der Waals surface area contributed by atoms with Crippen LogP contribution in [0.15, 0.2) is 11.1 Å². The van der Waals surface area contributed by atoms with Crippen LogP contribution in [-0.2, 0) is 16.1 Å². The summed E-state index contributed by atoms with van der Waals surface area (Å²) in [6.07, 6.45) is 2.39. The van der Waals surface area contributed by atoms with Crippen LogP contribution in [0.1, 0.15) is 24.1 Å². The van der Waals surface area contributed by atoms with Crippen LogP contribution in [0.4, 0.5) is 0 Å². The van der Waals surface area contributed by atoms with Crippen LogP contribution in [0, 0.1) is 13.8 Å². The highest BCUT2D eigenvalue weighted by Gasteiger charge is 2.26. The molecule has 20 heavy (non-hydrogen) atoms. The van der Waals surface area contributed by atoms with E-state index in [1.54, 1.807) is 13.8 Å². The summed E-state index contributed by atoms with van der Waals surface area (Å²) in [7, 11) is 0. The van der Waals surface area contributed by atoms with Crippen molar-refractivity contribution in [2.24, 2.45) is 0 Å². The molecule has 7 heteroatoms. The Hall–Kier alpha value is -2.18. The molecule has 1 aromatic heterocycles. The zero-order chi connectivity index (χ0) is 14.7. The number of rotatable bonds is 4. The molecule has 2 heterocycles. The molecule has 1 fully saturated rings. The molecule has 1 saturated heterocycles. The standard InChI is InChI=1S/C13H18N4O3/c1-8-9(2)15-7-17(13(8)20)6-5-14-12(19)10-3-4-11(18)16-10/h7,10H,3-6H2,1-2H3,(H,14,19)(H,16,18). The number of carbonyl (C=O) groups is 2. The maximum absolute atomic E-state index is 11.9. The van der Waals surface area contributed by atoms with E-state index in [1.807, 2.05) is 0 Å². The summed E-state index contributed by atoms with van der Waals surface area (Å²) in [5, 5.41) is 5.31. The van der Waals surface area contributed by atoms with Crippen LogP contribution >= 0.6 is 0 Å². The maximum Gasteiger partial charge on any atom is 0.256 e. The first kappa shape index (κ1) is 14.2. The van der Waals surface area contributed by atoms with E-state index in [2.05, 4.69) is 15.6 Å². The predicted molar refractivity (Wildman–Crippen MR) is 72.1 cm³/mol. The van der Waals surface area contributed by atoms with Gasteiger partial charge >= 0.3 is 0 Å². The lowest BCUT2D eigenvalue weighted by Gasteiger charge is -2.12. The summed E-state index contributed by atoms with van der Waals surface area (Å²) in [6.45, 7) is 4.20. The molecule has 1 atom stereocenters. The molecule has 1 unspecified atom stereocenters. The van der Waals surface area contributed by atoms with E-state index >= 15 is 0 Å². The van der Waals surface area contributed by atoms with Crippen LogP contribution in [0.3, 0.4) is 0 Å². The lowest BCUT2D eigenvalue weighted by molar-refractivity contribution is -0.125.